The number of pyridine rings is 1. The molecule has 0 aliphatic rings. The predicted octanol–water partition coefficient (Wildman–Crippen LogP) is 9.58. The number of hydrogen-bond acceptors (Lipinski definition) is 3. The highest BCUT2D eigenvalue weighted by molar-refractivity contribution is 7.85. The average Bonchev–Trinajstić information content (AvgIpc) is 3.48. The van der Waals surface area contributed by atoms with Crippen molar-refractivity contribution < 1.29 is 4.57 Å². The van der Waals surface area contributed by atoms with Crippen LogP contribution in [0.1, 0.15) is 0 Å². The van der Waals surface area contributed by atoms with Crippen molar-refractivity contribution in [2.75, 3.05) is 0 Å². The lowest BCUT2D eigenvalue weighted by Crippen LogP contribution is -2.24. The van der Waals surface area contributed by atoms with Crippen LogP contribution in [0.3, 0.4) is 0 Å². The standard InChI is InChI=1S/C39H26NOPS/c41-42(30-14-6-2-7-15-30,31-16-8-3-9-17-31)32-23-20-27(21-24-32)29-22-25-33-35(26-29)40-38(28-12-4-1-5-13-28)39-37(33)34-18-10-11-19-36(34)43-39/h1-26H. The Morgan fingerprint density at radius 1 is 0.488 bits per heavy atom. The first kappa shape index (κ1) is 25.9. The lowest BCUT2D eigenvalue weighted by Gasteiger charge is -2.20. The Bertz CT molecular complexity index is 2250. The molecule has 204 valence electrons. The van der Waals surface area contributed by atoms with Gasteiger partial charge in [0, 0.05) is 42.3 Å². The third-order valence-electron chi connectivity index (χ3n) is 8.16. The van der Waals surface area contributed by atoms with Crippen LogP contribution < -0.4 is 15.9 Å². The van der Waals surface area contributed by atoms with Crippen LogP contribution in [-0.4, -0.2) is 4.98 Å². The first-order valence-electron chi connectivity index (χ1n) is 14.3. The summed E-state index contributed by atoms with van der Waals surface area (Å²) in [7, 11) is -3.02. The number of benzene rings is 6. The van der Waals surface area contributed by atoms with Gasteiger partial charge in [0.15, 0.2) is 7.14 Å². The van der Waals surface area contributed by atoms with E-state index in [0.29, 0.717) is 0 Å². The maximum Gasteiger partial charge on any atom is 0.171 e. The van der Waals surface area contributed by atoms with E-state index in [4.69, 9.17) is 4.98 Å². The molecule has 0 saturated heterocycles. The van der Waals surface area contributed by atoms with E-state index in [1.807, 2.05) is 90.2 Å². The minimum absolute atomic E-state index is 0.824. The normalized spacial score (nSPS) is 11.8. The molecule has 0 unspecified atom stereocenters. The molecule has 2 nitrogen and oxygen atoms in total. The van der Waals surface area contributed by atoms with Crippen LogP contribution in [0.2, 0.25) is 0 Å². The number of hydrogen-bond donors (Lipinski definition) is 0. The van der Waals surface area contributed by atoms with Crippen LogP contribution in [0, 0.1) is 0 Å². The van der Waals surface area contributed by atoms with Gasteiger partial charge in [-0.3, -0.25) is 0 Å². The Morgan fingerprint density at radius 3 is 1.72 bits per heavy atom. The van der Waals surface area contributed by atoms with Crippen molar-refractivity contribution >= 4 is 65.5 Å². The highest BCUT2D eigenvalue weighted by Gasteiger charge is 2.29. The molecule has 0 aliphatic carbocycles. The highest BCUT2D eigenvalue weighted by atomic mass is 32.1. The van der Waals surface area contributed by atoms with Gasteiger partial charge in [0.05, 0.1) is 15.9 Å². The fourth-order valence-electron chi connectivity index (χ4n) is 6.04. The van der Waals surface area contributed by atoms with Gasteiger partial charge in [-0.2, -0.15) is 0 Å². The molecule has 8 rings (SSSR count). The summed E-state index contributed by atoms with van der Waals surface area (Å²) in [5.74, 6) is 0. The summed E-state index contributed by atoms with van der Waals surface area (Å²) >= 11 is 1.81. The van der Waals surface area contributed by atoms with Crippen molar-refractivity contribution in [3.8, 4) is 22.4 Å². The molecule has 2 heterocycles. The summed E-state index contributed by atoms with van der Waals surface area (Å²) in [4.78, 5) is 5.26. The van der Waals surface area contributed by atoms with Crippen molar-refractivity contribution in [3.63, 3.8) is 0 Å². The lowest BCUT2D eigenvalue weighted by molar-refractivity contribution is 0.592. The van der Waals surface area contributed by atoms with Gasteiger partial charge in [0.25, 0.3) is 0 Å². The van der Waals surface area contributed by atoms with Gasteiger partial charge in [-0.25, -0.2) is 4.98 Å². The maximum atomic E-state index is 14.8. The molecule has 0 N–H and O–H groups in total. The Balaban J connectivity index is 1.28. The molecular weight excluding hydrogens is 561 g/mol. The monoisotopic (exact) mass is 587 g/mol. The number of thiophene rings is 1. The zero-order valence-corrected chi connectivity index (χ0v) is 24.9. The molecule has 0 spiro atoms. The van der Waals surface area contributed by atoms with Gasteiger partial charge in [-0.05, 0) is 23.3 Å². The molecule has 0 atom stereocenters. The van der Waals surface area contributed by atoms with Crippen LogP contribution >= 0.6 is 18.5 Å². The largest absolute Gasteiger partial charge is 0.309 e. The van der Waals surface area contributed by atoms with Crippen molar-refractivity contribution in [1.82, 2.24) is 4.98 Å². The Labute approximate surface area is 254 Å². The highest BCUT2D eigenvalue weighted by Crippen LogP contribution is 2.44. The smallest absolute Gasteiger partial charge is 0.171 e. The minimum atomic E-state index is -3.02. The van der Waals surface area contributed by atoms with E-state index in [-0.39, 0.29) is 0 Å². The first-order chi connectivity index (χ1) is 21.2. The van der Waals surface area contributed by atoms with E-state index >= 15 is 0 Å². The Morgan fingerprint density at radius 2 is 1.05 bits per heavy atom. The minimum Gasteiger partial charge on any atom is -0.309 e. The van der Waals surface area contributed by atoms with Gasteiger partial charge in [-0.15, -0.1) is 11.3 Å². The van der Waals surface area contributed by atoms with Crippen LogP contribution in [-0.2, 0) is 4.57 Å². The third kappa shape index (κ3) is 4.32. The first-order valence-corrected chi connectivity index (χ1v) is 16.9. The molecule has 0 bridgehead atoms. The second-order valence-corrected chi connectivity index (χ2v) is 14.5. The van der Waals surface area contributed by atoms with Crippen LogP contribution in [0.15, 0.2) is 158 Å². The average molecular weight is 588 g/mol. The van der Waals surface area contributed by atoms with Crippen LogP contribution in [0.5, 0.6) is 0 Å². The molecule has 2 aromatic heterocycles. The Kier molecular flexibility index (Phi) is 6.30. The van der Waals surface area contributed by atoms with Gasteiger partial charge in [-0.1, -0.05) is 146 Å². The number of rotatable bonds is 5. The summed E-state index contributed by atoms with van der Waals surface area (Å²) in [5, 5.41) is 6.18. The second kappa shape index (κ2) is 10.5. The molecule has 8 aromatic rings. The number of aromatic nitrogens is 1. The third-order valence-corrected chi connectivity index (χ3v) is 12.4. The Hall–Kier alpha value is -4.82. The van der Waals surface area contributed by atoms with Crippen molar-refractivity contribution in [3.05, 3.63) is 158 Å². The molecule has 4 heteroatoms. The zero-order valence-electron chi connectivity index (χ0n) is 23.2. The zero-order chi connectivity index (χ0) is 28.8. The molecule has 6 aromatic carbocycles. The van der Waals surface area contributed by atoms with Crippen molar-refractivity contribution in [2.45, 2.75) is 0 Å². The molecule has 43 heavy (non-hydrogen) atoms. The van der Waals surface area contributed by atoms with Crippen molar-refractivity contribution in [2.24, 2.45) is 0 Å². The topological polar surface area (TPSA) is 30.0 Å². The van der Waals surface area contributed by atoms with E-state index in [9.17, 15) is 4.57 Å². The summed E-state index contributed by atoms with van der Waals surface area (Å²) in [6.07, 6.45) is 0. The summed E-state index contributed by atoms with van der Waals surface area (Å²) in [5.41, 5.74) is 5.25. The maximum absolute atomic E-state index is 14.8. The lowest BCUT2D eigenvalue weighted by atomic mass is 9.99. The van der Waals surface area contributed by atoms with E-state index in [0.717, 1.165) is 49.2 Å². The number of nitrogens with zero attached hydrogens (tertiary/aromatic N) is 1. The fourth-order valence-corrected chi connectivity index (χ4v) is 9.92. The number of fused-ring (bicyclic) bond motifs is 5. The molecular formula is C39H26NOPS. The second-order valence-electron chi connectivity index (χ2n) is 10.7. The summed E-state index contributed by atoms with van der Waals surface area (Å²) in [6, 6.07) is 53.5. The van der Waals surface area contributed by atoms with E-state index in [1.165, 1.54) is 20.2 Å². The van der Waals surface area contributed by atoms with Gasteiger partial charge >= 0.3 is 0 Å². The van der Waals surface area contributed by atoms with Gasteiger partial charge < -0.3 is 4.57 Å². The van der Waals surface area contributed by atoms with Gasteiger partial charge in [0.1, 0.15) is 0 Å². The van der Waals surface area contributed by atoms with Gasteiger partial charge in [0.2, 0.25) is 0 Å². The van der Waals surface area contributed by atoms with Crippen molar-refractivity contribution in [1.29, 1.82) is 0 Å². The fraction of sp³-hybridized carbons (Fsp3) is 0. The molecule has 0 fully saturated rings. The van der Waals surface area contributed by atoms with E-state index in [2.05, 4.69) is 78.9 Å². The summed E-state index contributed by atoms with van der Waals surface area (Å²) < 4.78 is 17.3. The molecule has 0 amide bonds. The molecule has 0 saturated carbocycles. The molecule has 0 radical (unpaired) electrons. The van der Waals surface area contributed by atoms with E-state index in [1.54, 1.807) is 0 Å². The van der Waals surface area contributed by atoms with Crippen LogP contribution in [0.4, 0.5) is 0 Å². The van der Waals surface area contributed by atoms with Crippen LogP contribution in [0.25, 0.3) is 53.5 Å². The predicted molar refractivity (Wildman–Crippen MR) is 185 cm³/mol. The molecule has 0 aliphatic heterocycles. The summed E-state index contributed by atoms with van der Waals surface area (Å²) in [6.45, 7) is 0. The SMILES string of the molecule is O=P(c1ccccc1)(c1ccccc1)c1ccc(-c2ccc3c(c2)nc(-c2ccccc2)c2sc4ccccc4c23)cc1. The van der Waals surface area contributed by atoms with E-state index < -0.39 is 7.14 Å². The quantitative estimate of drug-likeness (QED) is 0.188.